The molecule has 0 radical (unpaired) electrons. The third-order valence-corrected chi connectivity index (χ3v) is 2.06. The lowest BCUT2D eigenvalue weighted by Crippen LogP contribution is -2.16. The molecule has 0 saturated carbocycles. The van der Waals surface area contributed by atoms with Crippen molar-refractivity contribution in [1.82, 2.24) is 0 Å². The van der Waals surface area contributed by atoms with Crippen LogP contribution in [-0.4, -0.2) is 6.04 Å². The molecule has 0 amide bonds. The summed E-state index contributed by atoms with van der Waals surface area (Å²) in [5.41, 5.74) is 6.13. The molecule has 0 saturated heterocycles. The highest BCUT2D eigenvalue weighted by atomic mass is 35.5. The van der Waals surface area contributed by atoms with Gasteiger partial charge in [0.05, 0.1) is 0 Å². The number of rotatable bonds is 3. The molecule has 2 atom stereocenters. The van der Waals surface area contributed by atoms with E-state index in [-0.39, 0.29) is 6.04 Å². The summed E-state index contributed by atoms with van der Waals surface area (Å²) in [7, 11) is 0. The molecule has 0 spiro atoms. The van der Waals surface area contributed by atoms with Gasteiger partial charge in [-0.15, -0.1) is 0 Å². The summed E-state index contributed by atoms with van der Waals surface area (Å²) >= 11 is 5.67. The lowest BCUT2D eigenvalue weighted by Gasteiger charge is -2.10. The van der Waals surface area contributed by atoms with E-state index in [0.29, 0.717) is 17.0 Å². The van der Waals surface area contributed by atoms with Crippen LogP contribution in [0.15, 0.2) is 24.3 Å². The van der Waals surface area contributed by atoms with Crippen LogP contribution in [0.4, 0.5) is 4.39 Å². The van der Waals surface area contributed by atoms with Crippen LogP contribution in [0, 0.1) is 0 Å². The van der Waals surface area contributed by atoms with Crippen molar-refractivity contribution in [3.05, 3.63) is 34.9 Å². The molecule has 0 aliphatic heterocycles. The fraction of sp³-hybridized carbons (Fsp3) is 0.400. The second-order valence-electron chi connectivity index (χ2n) is 3.23. The zero-order chi connectivity index (χ0) is 9.84. The van der Waals surface area contributed by atoms with Gasteiger partial charge in [0.2, 0.25) is 0 Å². The van der Waals surface area contributed by atoms with Crippen molar-refractivity contribution >= 4 is 11.6 Å². The quantitative estimate of drug-likeness (QED) is 0.799. The third-order valence-electron chi connectivity index (χ3n) is 1.81. The normalized spacial score (nSPS) is 15.4. The molecule has 0 aliphatic carbocycles. The lowest BCUT2D eigenvalue weighted by molar-refractivity contribution is 0.307. The van der Waals surface area contributed by atoms with Crippen LogP contribution in [0.2, 0.25) is 5.02 Å². The first-order chi connectivity index (χ1) is 6.09. The molecule has 0 heterocycles. The molecule has 0 fully saturated rings. The van der Waals surface area contributed by atoms with Gasteiger partial charge in [-0.1, -0.05) is 23.7 Å². The fourth-order valence-corrected chi connectivity index (χ4v) is 1.26. The van der Waals surface area contributed by atoms with Crippen LogP contribution >= 0.6 is 11.6 Å². The van der Waals surface area contributed by atoms with Gasteiger partial charge in [-0.25, -0.2) is 4.39 Å². The van der Waals surface area contributed by atoms with E-state index in [2.05, 4.69) is 0 Å². The number of hydrogen-bond donors (Lipinski definition) is 1. The van der Waals surface area contributed by atoms with E-state index in [1.54, 1.807) is 31.2 Å². The minimum Gasteiger partial charge on any atom is -0.328 e. The SMILES string of the molecule is CC(N)CC(F)c1ccc(Cl)cc1. The van der Waals surface area contributed by atoms with Crippen molar-refractivity contribution < 1.29 is 4.39 Å². The van der Waals surface area contributed by atoms with E-state index in [9.17, 15) is 4.39 Å². The predicted octanol–water partition coefficient (Wildman–Crippen LogP) is 3.09. The molecule has 1 aromatic carbocycles. The summed E-state index contributed by atoms with van der Waals surface area (Å²) in [6, 6.07) is 6.63. The number of nitrogens with two attached hydrogens (primary N) is 1. The highest BCUT2D eigenvalue weighted by Crippen LogP contribution is 2.23. The van der Waals surface area contributed by atoms with Crippen molar-refractivity contribution in [2.45, 2.75) is 25.6 Å². The number of hydrogen-bond acceptors (Lipinski definition) is 1. The molecule has 0 bridgehead atoms. The molecule has 2 N–H and O–H groups in total. The number of alkyl halides is 1. The van der Waals surface area contributed by atoms with Gasteiger partial charge in [0.1, 0.15) is 6.17 Å². The van der Waals surface area contributed by atoms with E-state index < -0.39 is 6.17 Å². The smallest absolute Gasteiger partial charge is 0.127 e. The molecule has 0 aromatic heterocycles. The first-order valence-corrected chi connectivity index (χ1v) is 4.62. The molecule has 1 rings (SSSR count). The van der Waals surface area contributed by atoms with Crippen LogP contribution in [0.25, 0.3) is 0 Å². The van der Waals surface area contributed by atoms with Crippen LogP contribution < -0.4 is 5.73 Å². The number of benzene rings is 1. The average Bonchev–Trinajstić information content (AvgIpc) is 2.04. The van der Waals surface area contributed by atoms with E-state index in [0.717, 1.165) is 0 Å². The van der Waals surface area contributed by atoms with Crippen molar-refractivity contribution in [3.8, 4) is 0 Å². The summed E-state index contributed by atoms with van der Waals surface area (Å²) in [4.78, 5) is 0. The third kappa shape index (κ3) is 3.33. The van der Waals surface area contributed by atoms with Gasteiger partial charge < -0.3 is 5.73 Å². The molecule has 1 nitrogen and oxygen atoms in total. The topological polar surface area (TPSA) is 26.0 Å². The molecular formula is C10H13ClFN. The van der Waals surface area contributed by atoms with Gasteiger partial charge in [-0.05, 0) is 31.0 Å². The van der Waals surface area contributed by atoms with Gasteiger partial charge in [0, 0.05) is 11.1 Å². The Morgan fingerprint density at radius 1 is 1.38 bits per heavy atom. The predicted molar refractivity (Wildman–Crippen MR) is 53.6 cm³/mol. The highest BCUT2D eigenvalue weighted by molar-refractivity contribution is 6.30. The Bertz CT molecular complexity index is 258. The number of halogens is 2. The van der Waals surface area contributed by atoms with Gasteiger partial charge in [0.15, 0.2) is 0 Å². The minimum absolute atomic E-state index is 0.120. The maximum absolute atomic E-state index is 13.4. The van der Waals surface area contributed by atoms with E-state index in [4.69, 9.17) is 17.3 Å². The highest BCUT2D eigenvalue weighted by Gasteiger charge is 2.11. The molecule has 3 heteroatoms. The first-order valence-electron chi connectivity index (χ1n) is 4.24. The van der Waals surface area contributed by atoms with E-state index in [1.165, 1.54) is 0 Å². The lowest BCUT2D eigenvalue weighted by atomic mass is 10.0. The zero-order valence-electron chi connectivity index (χ0n) is 7.50. The van der Waals surface area contributed by atoms with Crippen molar-refractivity contribution in [2.24, 2.45) is 5.73 Å². The minimum atomic E-state index is -0.989. The Balaban J connectivity index is 2.66. The maximum Gasteiger partial charge on any atom is 0.127 e. The Morgan fingerprint density at radius 2 is 1.92 bits per heavy atom. The summed E-state index contributed by atoms with van der Waals surface area (Å²) in [6.45, 7) is 1.79. The molecule has 13 heavy (non-hydrogen) atoms. The Kier molecular flexibility index (Phi) is 3.70. The van der Waals surface area contributed by atoms with E-state index in [1.807, 2.05) is 0 Å². The monoisotopic (exact) mass is 201 g/mol. The van der Waals surface area contributed by atoms with Crippen LogP contribution in [0.1, 0.15) is 25.1 Å². The molecule has 2 unspecified atom stereocenters. The molecule has 72 valence electrons. The van der Waals surface area contributed by atoms with Crippen LogP contribution in [0.3, 0.4) is 0 Å². The standard InChI is InChI=1S/C10H13ClFN/c1-7(13)6-10(12)8-2-4-9(11)5-3-8/h2-5,7,10H,6,13H2,1H3. The second kappa shape index (κ2) is 4.58. The second-order valence-corrected chi connectivity index (χ2v) is 3.67. The van der Waals surface area contributed by atoms with Gasteiger partial charge in [0.25, 0.3) is 0 Å². The van der Waals surface area contributed by atoms with E-state index >= 15 is 0 Å². The van der Waals surface area contributed by atoms with Crippen molar-refractivity contribution in [3.63, 3.8) is 0 Å². The molecule has 0 aliphatic rings. The molecular weight excluding hydrogens is 189 g/mol. The fourth-order valence-electron chi connectivity index (χ4n) is 1.13. The van der Waals surface area contributed by atoms with Gasteiger partial charge in [-0.3, -0.25) is 0 Å². The molecule has 1 aromatic rings. The Morgan fingerprint density at radius 3 is 2.38 bits per heavy atom. The largest absolute Gasteiger partial charge is 0.328 e. The average molecular weight is 202 g/mol. The van der Waals surface area contributed by atoms with Gasteiger partial charge in [-0.2, -0.15) is 0 Å². The summed E-state index contributed by atoms with van der Waals surface area (Å²) in [6.07, 6.45) is -0.640. The summed E-state index contributed by atoms with van der Waals surface area (Å²) in [5.74, 6) is 0. The summed E-state index contributed by atoms with van der Waals surface area (Å²) < 4.78 is 13.4. The van der Waals surface area contributed by atoms with Crippen LogP contribution in [0.5, 0.6) is 0 Å². The summed E-state index contributed by atoms with van der Waals surface area (Å²) in [5, 5.41) is 0.622. The van der Waals surface area contributed by atoms with Crippen LogP contribution in [-0.2, 0) is 0 Å². The first kappa shape index (κ1) is 10.5. The maximum atomic E-state index is 13.4. The van der Waals surface area contributed by atoms with Crippen molar-refractivity contribution in [2.75, 3.05) is 0 Å². The van der Waals surface area contributed by atoms with Gasteiger partial charge >= 0.3 is 0 Å². The Hall–Kier alpha value is -0.600. The zero-order valence-corrected chi connectivity index (χ0v) is 8.26. The van der Waals surface area contributed by atoms with Crippen molar-refractivity contribution in [1.29, 1.82) is 0 Å². The Labute approximate surface area is 82.7 Å².